The van der Waals surface area contributed by atoms with Crippen LogP contribution in [0.2, 0.25) is 19.1 Å². The van der Waals surface area contributed by atoms with Crippen molar-refractivity contribution in [1.82, 2.24) is 0 Å². The topological polar surface area (TPSA) is 17.1 Å². The maximum Gasteiger partial charge on any atom is 0.201 e. The zero-order valence-corrected chi connectivity index (χ0v) is 8.12. The van der Waals surface area contributed by atoms with Crippen LogP contribution < -0.4 is 0 Å². The molecule has 0 N–H and O–H groups in total. The van der Waals surface area contributed by atoms with Crippen molar-refractivity contribution in [3.63, 3.8) is 0 Å². The predicted octanol–water partition coefficient (Wildman–Crippen LogP) is 1.85. The van der Waals surface area contributed by atoms with Crippen LogP contribution in [0.25, 0.3) is 0 Å². The summed E-state index contributed by atoms with van der Waals surface area (Å²) in [5, 5.41) is 0. The molecule has 0 saturated heterocycles. The fraction of sp³-hybridized carbons (Fsp3) is 0.625. The largest absolute Gasteiger partial charge is 0.285 e. The zero-order valence-electron chi connectivity index (χ0n) is 7.12. The second kappa shape index (κ2) is 3.57. The van der Waals surface area contributed by atoms with Crippen molar-refractivity contribution in [2.75, 3.05) is 0 Å². The molecule has 0 saturated carbocycles. The summed E-state index contributed by atoms with van der Waals surface area (Å²) in [5.41, 5.74) is 3.05. The van der Waals surface area contributed by atoms with E-state index >= 15 is 0 Å². The molecular weight excluding hydrogens is 140 g/mol. The number of carbonyl (C=O) groups is 1. The van der Waals surface area contributed by atoms with Crippen LogP contribution in [0.5, 0.6) is 0 Å². The molecule has 0 heterocycles. The summed E-state index contributed by atoms with van der Waals surface area (Å²) >= 11 is 0. The fourth-order valence-corrected chi connectivity index (χ4v) is 1.04. The highest BCUT2D eigenvalue weighted by atomic mass is 28.3. The maximum atomic E-state index is 10.5. The minimum absolute atomic E-state index is 0.0194. The minimum Gasteiger partial charge on any atom is -0.285 e. The number of Topliss-reactive ketones (excluding diaryl/α,β-unsaturated/α-hetero) is 1. The highest BCUT2D eigenvalue weighted by Crippen LogP contribution is 2.04. The Morgan fingerprint density at radius 2 is 2.00 bits per heavy atom. The number of ketones is 1. The first kappa shape index (κ1) is 9.45. The molecule has 0 unspecified atom stereocenters. The van der Waals surface area contributed by atoms with Crippen LogP contribution in [-0.2, 0) is 4.79 Å². The summed E-state index contributed by atoms with van der Waals surface area (Å²) in [6.45, 7) is 7.97. The van der Waals surface area contributed by atoms with E-state index in [2.05, 4.69) is 31.5 Å². The third kappa shape index (κ3) is 4.34. The summed E-state index contributed by atoms with van der Waals surface area (Å²) in [7, 11) is -1.32. The Morgan fingerprint density at radius 1 is 1.50 bits per heavy atom. The molecule has 0 amide bonds. The molecule has 0 fully saturated rings. The fourth-order valence-electron chi connectivity index (χ4n) is 0.346. The Bertz CT molecular complexity index is 183. The summed E-state index contributed by atoms with van der Waals surface area (Å²) < 4.78 is 0. The number of rotatable bonds is 1. The third-order valence-corrected chi connectivity index (χ3v) is 4.03. The molecule has 0 bridgehead atoms. The van der Waals surface area contributed by atoms with Crippen LogP contribution in [0.4, 0.5) is 0 Å². The van der Waals surface area contributed by atoms with Crippen molar-refractivity contribution >= 4 is 13.9 Å². The van der Waals surface area contributed by atoms with Gasteiger partial charge >= 0.3 is 0 Å². The van der Waals surface area contributed by atoms with E-state index in [0.717, 1.165) is 6.04 Å². The molecule has 0 atom stereocenters. The van der Waals surface area contributed by atoms with Crippen LogP contribution >= 0.6 is 0 Å². The van der Waals surface area contributed by atoms with Crippen LogP contribution in [0.3, 0.4) is 0 Å². The number of hydrogen-bond acceptors (Lipinski definition) is 1. The van der Waals surface area contributed by atoms with Crippen LogP contribution in [0, 0.1) is 11.5 Å². The Labute approximate surface area is 63.8 Å². The monoisotopic (exact) mass is 154 g/mol. The van der Waals surface area contributed by atoms with Crippen LogP contribution in [0.1, 0.15) is 13.8 Å². The Hall–Kier alpha value is -0.553. The van der Waals surface area contributed by atoms with Gasteiger partial charge in [-0.25, -0.2) is 0 Å². The first-order valence-corrected chi connectivity index (χ1v) is 6.72. The molecule has 2 heteroatoms. The average Bonchev–Trinajstić information content (AvgIpc) is 1.85. The molecule has 1 nitrogen and oxygen atoms in total. The SMILES string of the molecule is CC[Si](C)(C)C#CC(C)=O. The lowest BCUT2D eigenvalue weighted by atomic mass is 10.5. The molecule has 56 valence electrons. The van der Waals surface area contributed by atoms with Gasteiger partial charge in [-0.1, -0.05) is 20.0 Å². The standard InChI is InChI=1S/C8H14OSi/c1-5-10(3,4)7-6-8(2)9/h5H2,1-4H3. The van der Waals surface area contributed by atoms with E-state index in [1.54, 1.807) is 0 Å². The maximum absolute atomic E-state index is 10.5. The van der Waals surface area contributed by atoms with Gasteiger partial charge in [-0.05, 0) is 12.0 Å². The van der Waals surface area contributed by atoms with Gasteiger partial charge in [0.1, 0.15) is 8.07 Å². The molecule has 0 rings (SSSR count). The molecule has 0 aliphatic carbocycles. The highest BCUT2D eigenvalue weighted by Gasteiger charge is 2.13. The van der Waals surface area contributed by atoms with Gasteiger partial charge in [0.25, 0.3) is 0 Å². The highest BCUT2D eigenvalue weighted by molar-refractivity contribution is 6.85. The lowest BCUT2D eigenvalue weighted by Crippen LogP contribution is -2.21. The van der Waals surface area contributed by atoms with E-state index in [0.29, 0.717) is 0 Å². The molecule has 0 aliphatic heterocycles. The molecule has 0 aromatic carbocycles. The zero-order chi connectivity index (χ0) is 8.20. The van der Waals surface area contributed by atoms with Crippen molar-refractivity contribution in [2.45, 2.75) is 33.0 Å². The number of hydrogen-bond donors (Lipinski definition) is 0. The second-order valence-corrected chi connectivity index (χ2v) is 7.77. The molecule has 0 aromatic heterocycles. The predicted molar refractivity (Wildman–Crippen MR) is 46.4 cm³/mol. The Kier molecular flexibility index (Phi) is 3.38. The Balaban J connectivity index is 4.15. The van der Waals surface area contributed by atoms with E-state index in [-0.39, 0.29) is 5.78 Å². The van der Waals surface area contributed by atoms with Crippen LogP contribution in [0.15, 0.2) is 0 Å². The van der Waals surface area contributed by atoms with Gasteiger partial charge in [0.15, 0.2) is 0 Å². The summed E-state index contributed by atoms with van der Waals surface area (Å²) in [4.78, 5) is 10.5. The number of carbonyl (C=O) groups excluding carboxylic acids is 1. The molecule has 10 heavy (non-hydrogen) atoms. The first-order valence-electron chi connectivity index (χ1n) is 3.51. The smallest absolute Gasteiger partial charge is 0.201 e. The Morgan fingerprint density at radius 3 is 2.30 bits per heavy atom. The van der Waals surface area contributed by atoms with Gasteiger partial charge in [-0.2, -0.15) is 0 Å². The summed E-state index contributed by atoms with van der Waals surface area (Å²) in [5.74, 6) is 2.59. The van der Waals surface area contributed by atoms with E-state index in [9.17, 15) is 4.79 Å². The normalized spacial score (nSPS) is 10.0. The van der Waals surface area contributed by atoms with E-state index in [4.69, 9.17) is 0 Å². The lowest BCUT2D eigenvalue weighted by Gasteiger charge is -2.08. The van der Waals surface area contributed by atoms with E-state index in [1.807, 2.05) is 0 Å². The van der Waals surface area contributed by atoms with Crippen molar-refractivity contribution in [3.8, 4) is 11.5 Å². The second-order valence-electron chi connectivity index (χ2n) is 3.04. The third-order valence-electron chi connectivity index (χ3n) is 1.46. The lowest BCUT2D eigenvalue weighted by molar-refractivity contribution is -0.111. The van der Waals surface area contributed by atoms with Gasteiger partial charge in [-0.15, -0.1) is 5.54 Å². The van der Waals surface area contributed by atoms with Crippen molar-refractivity contribution in [1.29, 1.82) is 0 Å². The van der Waals surface area contributed by atoms with E-state index in [1.165, 1.54) is 6.92 Å². The molecule has 0 aliphatic rings. The van der Waals surface area contributed by atoms with Crippen LogP contribution in [-0.4, -0.2) is 13.9 Å². The molecule has 0 radical (unpaired) electrons. The molecule has 0 spiro atoms. The van der Waals surface area contributed by atoms with E-state index < -0.39 is 8.07 Å². The van der Waals surface area contributed by atoms with Crippen molar-refractivity contribution < 1.29 is 4.79 Å². The van der Waals surface area contributed by atoms with Gasteiger partial charge in [0, 0.05) is 6.92 Å². The first-order chi connectivity index (χ1) is 4.48. The summed E-state index contributed by atoms with van der Waals surface area (Å²) in [6.07, 6.45) is 0. The average molecular weight is 154 g/mol. The van der Waals surface area contributed by atoms with Gasteiger partial charge in [0.05, 0.1) is 0 Å². The molecule has 0 aromatic rings. The summed E-state index contributed by atoms with van der Waals surface area (Å²) in [6, 6.07) is 1.12. The van der Waals surface area contributed by atoms with Gasteiger partial charge in [-0.3, -0.25) is 4.79 Å². The molecular formula is C8H14OSi. The van der Waals surface area contributed by atoms with Crippen molar-refractivity contribution in [3.05, 3.63) is 0 Å². The van der Waals surface area contributed by atoms with Crippen molar-refractivity contribution in [2.24, 2.45) is 0 Å². The van der Waals surface area contributed by atoms with Gasteiger partial charge in [0.2, 0.25) is 5.78 Å². The minimum atomic E-state index is -1.32. The quantitative estimate of drug-likeness (QED) is 0.416. The van der Waals surface area contributed by atoms with Gasteiger partial charge < -0.3 is 0 Å².